The highest BCUT2D eigenvalue weighted by molar-refractivity contribution is 7.99. The molecule has 0 saturated carbocycles. The number of nitrogens with zero attached hydrogens (tertiary/aromatic N) is 2. The largest absolute Gasteiger partial charge is 0.341 e. The highest BCUT2D eigenvalue weighted by atomic mass is 32.2. The Bertz CT molecular complexity index is 672. The molecule has 2 N–H and O–H groups in total. The van der Waals surface area contributed by atoms with Crippen molar-refractivity contribution in [3.63, 3.8) is 0 Å². The molecule has 1 aliphatic rings. The van der Waals surface area contributed by atoms with E-state index in [1.54, 1.807) is 7.05 Å². The number of rotatable bonds is 6. The van der Waals surface area contributed by atoms with Gasteiger partial charge in [-0.15, -0.1) is 0 Å². The van der Waals surface area contributed by atoms with E-state index < -0.39 is 0 Å². The maximum Gasteiger partial charge on any atom is 0.314 e. The molecule has 5 nitrogen and oxygen atoms in total. The van der Waals surface area contributed by atoms with Crippen LogP contribution in [0.4, 0.5) is 4.79 Å². The number of thioether (sulfide) groups is 2. The molecule has 2 heterocycles. The molecule has 1 aliphatic heterocycles. The molecule has 0 aliphatic carbocycles. The number of benzene rings is 1. The molecule has 23 heavy (non-hydrogen) atoms. The van der Waals surface area contributed by atoms with Crippen LogP contribution in [0.2, 0.25) is 0 Å². The molecule has 2 amide bonds. The SMILES string of the molecule is CNC(=O)NCCSCc1c(-c2ccccc2)nc2n1CCS2. The Morgan fingerprint density at radius 1 is 1.39 bits per heavy atom. The molecule has 2 aromatic rings. The van der Waals surface area contributed by atoms with E-state index in [2.05, 4.69) is 39.5 Å². The molecule has 122 valence electrons. The van der Waals surface area contributed by atoms with Crippen molar-refractivity contribution in [2.45, 2.75) is 17.5 Å². The Morgan fingerprint density at radius 2 is 2.22 bits per heavy atom. The van der Waals surface area contributed by atoms with Crippen molar-refractivity contribution < 1.29 is 4.79 Å². The molecular weight excluding hydrogens is 328 g/mol. The molecule has 0 saturated heterocycles. The second kappa shape index (κ2) is 7.79. The molecule has 1 aromatic heterocycles. The summed E-state index contributed by atoms with van der Waals surface area (Å²) in [6, 6.07) is 10.2. The van der Waals surface area contributed by atoms with Gasteiger partial charge in [0, 0.05) is 43.0 Å². The number of aromatic nitrogens is 2. The van der Waals surface area contributed by atoms with Crippen LogP contribution in [0.25, 0.3) is 11.3 Å². The molecule has 7 heteroatoms. The van der Waals surface area contributed by atoms with E-state index in [1.165, 1.54) is 11.3 Å². The lowest BCUT2D eigenvalue weighted by Crippen LogP contribution is -2.34. The van der Waals surface area contributed by atoms with Gasteiger partial charge >= 0.3 is 6.03 Å². The van der Waals surface area contributed by atoms with Gasteiger partial charge in [0.15, 0.2) is 5.16 Å². The molecule has 0 unspecified atom stereocenters. The zero-order chi connectivity index (χ0) is 16.1. The number of imidazole rings is 1. The fraction of sp³-hybridized carbons (Fsp3) is 0.375. The van der Waals surface area contributed by atoms with E-state index in [9.17, 15) is 4.79 Å². The van der Waals surface area contributed by atoms with Crippen LogP contribution < -0.4 is 10.6 Å². The minimum absolute atomic E-state index is 0.128. The molecule has 3 rings (SSSR count). The van der Waals surface area contributed by atoms with Crippen LogP contribution in [-0.2, 0) is 12.3 Å². The Hall–Kier alpha value is -1.60. The summed E-state index contributed by atoms with van der Waals surface area (Å²) < 4.78 is 2.34. The van der Waals surface area contributed by atoms with Crippen LogP contribution in [-0.4, -0.2) is 40.7 Å². The normalized spacial score (nSPS) is 12.9. The summed E-state index contributed by atoms with van der Waals surface area (Å²) in [5.41, 5.74) is 3.56. The Morgan fingerprint density at radius 3 is 3.00 bits per heavy atom. The average molecular weight is 348 g/mol. The summed E-state index contributed by atoms with van der Waals surface area (Å²) in [4.78, 5) is 16.0. The first kappa shape index (κ1) is 16.3. The molecular formula is C16H20N4OS2. The highest BCUT2D eigenvalue weighted by Gasteiger charge is 2.22. The van der Waals surface area contributed by atoms with Crippen molar-refractivity contribution in [3.8, 4) is 11.3 Å². The monoisotopic (exact) mass is 348 g/mol. The molecule has 0 fully saturated rings. The van der Waals surface area contributed by atoms with E-state index in [0.29, 0.717) is 6.54 Å². The quantitative estimate of drug-likeness (QED) is 0.788. The van der Waals surface area contributed by atoms with Crippen molar-refractivity contribution >= 4 is 29.6 Å². The summed E-state index contributed by atoms with van der Waals surface area (Å²) in [5.74, 6) is 2.90. The Kier molecular flexibility index (Phi) is 5.51. The first-order valence-electron chi connectivity index (χ1n) is 7.60. The number of fused-ring (bicyclic) bond motifs is 1. The van der Waals surface area contributed by atoms with Gasteiger partial charge in [0.1, 0.15) is 0 Å². The zero-order valence-electron chi connectivity index (χ0n) is 13.0. The van der Waals surface area contributed by atoms with Gasteiger partial charge < -0.3 is 15.2 Å². The predicted molar refractivity (Wildman–Crippen MR) is 97.0 cm³/mol. The lowest BCUT2D eigenvalue weighted by Gasteiger charge is -2.08. The summed E-state index contributed by atoms with van der Waals surface area (Å²) in [5, 5.41) is 6.50. The number of carbonyl (C=O) groups is 1. The van der Waals surface area contributed by atoms with Crippen LogP contribution in [0.15, 0.2) is 35.5 Å². The van der Waals surface area contributed by atoms with Gasteiger partial charge in [-0.1, -0.05) is 42.1 Å². The van der Waals surface area contributed by atoms with Crippen molar-refractivity contribution in [1.82, 2.24) is 20.2 Å². The number of hydrogen-bond acceptors (Lipinski definition) is 4. The van der Waals surface area contributed by atoms with Gasteiger partial charge in [0.05, 0.1) is 11.4 Å². The number of nitrogens with one attached hydrogen (secondary N) is 2. The van der Waals surface area contributed by atoms with Crippen LogP contribution in [0.5, 0.6) is 0 Å². The van der Waals surface area contributed by atoms with Gasteiger partial charge in [-0.3, -0.25) is 0 Å². The first-order valence-corrected chi connectivity index (χ1v) is 9.74. The fourth-order valence-electron chi connectivity index (χ4n) is 2.50. The molecule has 0 atom stereocenters. The third-order valence-corrected chi connectivity index (χ3v) is 5.56. The van der Waals surface area contributed by atoms with Gasteiger partial charge in [0.2, 0.25) is 0 Å². The number of carbonyl (C=O) groups excluding carboxylic acids is 1. The first-order chi connectivity index (χ1) is 11.3. The summed E-state index contributed by atoms with van der Waals surface area (Å²) in [6.07, 6.45) is 0. The minimum atomic E-state index is -0.128. The summed E-state index contributed by atoms with van der Waals surface area (Å²) >= 11 is 3.65. The van der Waals surface area contributed by atoms with E-state index in [-0.39, 0.29) is 6.03 Å². The van der Waals surface area contributed by atoms with E-state index in [1.807, 2.05) is 29.6 Å². The van der Waals surface area contributed by atoms with E-state index >= 15 is 0 Å². The van der Waals surface area contributed by atoms with E-state index in [0.717, 1.165) is 34.7 Å². The maximum absolute atomic E-state index is 11.1. The second-order valence-corrected chi connectivity index (χ2v) is 7.28. The smallest absolute Gasteiger partial charge is 0.314 e. The van der Waals surface area contributed by atoms with Crippen LogP contribution in [0, 0.1) is 0 Å². The third kappa shape index (κ3) is 3.84. The standard InChI is InChI=1S/C16H20N4OS2/c1-17-15(21)18-7-9-22-11-13-14(12-5-3-2-4-6-12)19-16-20(13)8-10-23-16/h2-6H,7-11H2,1H3,(H2,17,18,21). The number of amides is 2. The van der Waals surface area contributed by atoms with Crippen molar-refractivity contribution in [2.24, 2.45) is 0 Å². The van der Waals surface area contributed by atoms with Gasteiger partial charge in [0.25, 0.3) is 0 Å². The van der Waals surface area contributed by atoms with Crippen LogP contribution >= 0.6 is 23.5 Å². The predicted octanol–water partition coefficient (Wildman–Crippen LogP) is 2.82. The summed E-state index contributed by atoms with van der Waals surface area (Å²) in [7, 11) is 1.63. The van der Waals surface area contributed by atoms with Crippen LogP contribution in [0.1, 0.15) is 5.69 Å². The van der Waals surface area contributed by atoms with Crippen molar-refractivity contribution in [1.29, 1.82) is 0 Å². The van der Waals surface area contributed by atoms with Gasteiger partial charge in [-0.2, -0.15) is 11.8 Å². The van der Waals surface area contributed by atoms with Gasteiger partial charge in [-0.05, 0) is 0 Å². The molecule has 0 bridgehead atoms. The molecule has 1 aromatic carbocycles. The topological polar surface area (TPSA) is 59.0 Å². The van der Waals surface area contributed by atoms with Gasteiger partial charge in [-0.25, -0.2) is 9.78 Å². The highest BCUT2D eigenvalue weighted by Crippen LogP contribution is 2.34. The van der Waals surface area contributed by atoms with E-state index in [4.69, 9.17) is 4.98 Å². The van der Waals surface area contributed by atoms with Crippen molar-refractivity contribution in [2.75, 3.05) is 25.1 Å². The zero-order valence-corrected chi connectivity index (χ0v) is 14.7. The van der Waals surface area contributed by atoms with Crippen LogP contribution in [0.3, 0.4) is 0 Å². The third-order valence-electron chi connectivity index (χ3n) is 3.63. The Balaban J connectivity index is 1.67. The molecule has 0 radical (unpaired) electrons. The summed E-state index contributed by atoms with van der Waals surface area (Å²) in [6.45, 7) is 1.70. The fourth-order valence-corrected chi connectivity index (χ4v) is 4.35. The number of urea groups is 1. The maximum atomic E-state index is 11.1. The molecule has 0 spiro atoms. The minimum Gasteiger partial charge on any atom is -0.341 e. The number of hydrogen-bond donors (Lipinski definition) is 2. The second-order valence-electron chi connectivity index (χ2n) is 5.11. The average Bonchev–Trinajstić information content (AvgIpc) is 3.17. The van der Waals surface area contributed by atoms with Crippen molar-refractivity contribution in [3.05, 3.63) is 36.0 Å². The Labute approximate surface area is 144 Å². The lowest BCUT2D eigenvalue weighted by atomic mass is 10.1. The lowest BCUT2D eigenvalue weighted by molar-refractivity contribution is 0.243.